The van der Waals surface area contributed by atoms with Gasteiger partial charge in [0.1, 0.15) is 11.3 Å². The van der Waals surface area contributed by atoms with E-state index in [9.17, 15) is 35.1 Å². The van der Waals surface area contributed by atoms with Gasteiger partial charge in [-0.25, -0.2) is 13.8 Å². The molecule has 0 unspecified atom stereocenters. The summed E-state index contributed by atoms with van der Waals surface area (Å²) >= 11 is 0. The molecule has 11 heteroatoms. The zero-order valence-corrected chi connectivity index (χ0v) is 9.32. The maximum atomic E-state index is 12.6. The SMILES string of the molecule is NCc1cc(C(F)(F)F)c(OC(F)(F)F)c(C(F)F)n1. The highest BCUT2D eigenvalue weighted by atomic mass is 19.4. The minimum atomic E-state index is -5.57. The summed E-state index contributed by atoms with van der Waals surface area (Å²) in [6.45, 7) is -0.658. The minimum absolute atomic E-state index is 0.132. The number of alkyl halides is 8. The topological polar surface area (TPSA) is 48.1 Å². The van der Waals surface area contributed by atoms with Gasteiger partial charge in [0.25, 0.3) is 6.43 Å². The van der Waals surface area contributed by atoms with Crippen molar-refractivity contribution < 1.29 is 39.9 Å². The second-order valence-electron chi connectivity index (χ2n) is 3.43. The average Bonchev–Trinajstić information content (AvgIpc) is 2.25. The molecule has 0 bridgehead atoms. The first-order chi connectivity index (χ1) is 8.95. The van der Waals surface area contributed by atoms with Crippen molar-refractivity contribution in [2.75, 3.05) is 0 Å². The standard InChI is InChI=1S/C9H6F8N2O/c10-7(11)5-6(20-9(15,16)17)4(8(12,13)14)1-3(2-18)19-5/h1,7H,2,18H2. The Hall–Kier alpha value is -1.65. The Morgan fingerprint density at radius 2 is 1.70 bits per heavy atom. The van der Waals surface area contributed by atoms with E-state index in [4.69, 9.17) is 5.73 Å². The maximum Gasteiger partial charge on any atom is 0.573 e. The molecule has 0 radical (unpaired) electrons. The number of rotatable bonds is 3. The number of hydrogen-bond donors (Lipinski definition) is 1. The maximum absolute atomic E-state index is 12.6. The van der Waals surface area contributed by atoms with Crippen LogP contribution in [-0.4, -0.2) is 11.3 Å². The minimum Gasteiger partial charge on any atom is -0.403 e. The van der Waals surface area contributed by atoms with Crippen LogP contribution in [0.2, 0.25) is 0 Å². The van der Waals surface area contributed by atoms with Crippen molar-refractivity contribution in [3.8, 4) is 5.75 Å². The van der Waals surface area contributed by atoms with Gasteiger partial charge in [-0.15, -0.1) is 13.2 Å². The van der Waals surface area contributed by atoms with Crippen molar-refractivity contribution in [2.24, 2.45) is 5.73 Å². The quantitative estimate of drug-likeness (QED) is 0.871. The monoisotopic (exact) mass is 310 g/mol. The number of aromatic nitrogens is 1. The Bertz CT molecular complexity index is 482. The number of nitrogens with two attached hydrogens (primary N) is 1. The van der Waals surface area contributed by atoms with E-state index >= 15 is 0 Å². The first kappa shape index (κ1) is 16.4. The summed E-state index contributed by atoms with van der Waals surface area (Å²) in [6.07, 6.45) is -14.6. The van der Waals surface area contributed by atoms with Gasteiger partial charge in [-0.3, -0.25) is 0 Å². The molecule has 0 fully saturated rings. The largest absolute Gasteiger partial charge is 0.573 e. The molecule has 1 aromatic heterocycles. The third kappa shape index (κ3) is 3.92. The van der Waals surface area contributed by atoms with Crippen LogP contribution >= 0.6 is 0 Å². The highest BCUT2D eigenvalue weighted by Crippen LogP contribution is 2.42. The Morgan fingerprint density at radius 1 is 1.15 bits per heavy atom. The molecule has 0 aromatic carbocycles. The molecule has 0 amide bonds. The molecule has 2 N–H and O–H groups in total. The third-order valence-corrected chi connectivity index (χ3v) is 1.99. The van der Waals surface area contributed by atoms with E-state index in [1.54, 1.807) is 0 Å². The predicted octanol–water partition coefficient (Wildman–Crippen LogP) is 3.40. The van der Waals surface area contributed by atoms with Gasteiger partial charge in [-0.05, 0) is 6.07 Å². The van der Waals surface area contributed by atoms with E-state index < -0.39 is 48.2 Å². The molecule has 0 saturated heterocycles. The van der Waals surface area contributed by atoms with Crippen LogP contribution in [-0.2, 0) is 12.7 Å². The van der Waals surface area contributed by atoms with Crippen molar-refractivity contribution in [1.82, 2.24) is 4.98 Å². The second-order valence-corrected chi connectivity index (χ2v) is 3.43. The summed E-state index contributed by atoms with van der Waals surface area (Å²) in [5.74, 6) is -2.07. The summed E-state index contributed by atoms with van der Waals surface area (Å²) in [5.41, 5.74) is 0.554. The fraction of sp³-hybridized carbons (Fsp3) is 0.444. The first-order valence-corrected chi connectivity index (χ1v) is 4.80. The lowest BCUT2D eigenvalue weighted by molar-refractivity contribution is -0.277. The fourth-order valence-corrected chi connectivity index (χ4v) is 1.29. The third-order valence-electron chi connectivity index (χ3n) is 1.99. The van der Waals surface area contributed by atoms with Gasteiger partial charge >= 0.3 is 12.5 Å². The van der Waals surface area contributed by atoms with E-state index in [-0.39, 0.29) is 6.07 Å². The van der Waals surface area contributed by atoms with Gasteiger partial charge in [0, 0.05) is 6.54 Å². The molecule has 0 aliphatic heterocycles. The highest BCUT2D eigenvalue weighted by molar-refractivity contribution is 5.42. The van der Waals surface area contributed by atoms with Gasteiger partial charge in [0.05, 0.1) is 5.69 Å². The molecular formula is C9H6F8N2O. The number of halogens is 8. The molecule has 1 rings (SSSR count). The van der Waals surface area contributed by atoms with Gasteiger partial charge in [-0.2, -0.15) is 13.2 Å². The van der Waals surface area contributed by atoms with Crippen LogP contribution in [0.4, 0.5) is 35.1 Å². The van der Waals surface area contributed by atoms with Crippen molar-refractivity contribution in [3.63, 3.8) is 0 Å². The lowest BCUT2D eigenvalue weighted by Crippen LogP contribution is -2.23. The van der Waals surface area contributed by atoms with Gasteiger partial charge < -0.3 is 10.5 Å². The van der Waals surface area contributed by atoms with Crippen LogP contribution in [0.3, 0.4) is 0 Å². The molecule has 0 spiro atoms. The molecule has 3 nitrogen and oxygen atoms in total. The van der Waals surface area contributed by atoms with E-state index in [1.807, 2.05) is 0 Å². The first-order valence-electron chi connectivity index (χ1n) is 4.80. The van der Waals surface area contributed by atoms with Crippen LogP contribution in [0.1, 0.15) is 23.4 Å². The second kappa shape index (κ2) is 5.38. The molecule has 20 heavy (non-hydrogen) atoms. The van der Waals surface area contributed by atoms with E-state index in [1.165, 1.54) is 0 Å². The van der Waals surface area contributed by atoms with Crippen LogP contribution in [0.25, 0.3) is 0 Å². The Kier molecular flexibility index (Phi) is 4.42. The predicted molar refractivity (Wildman–Crippen MR) is 48.8 cm³/mol. The number of pyridine rings is 1. The lowest BCUT2D eigenvalue weighted by Gasteiger charge is -2.18. The molecule has 0 saturated carbocycles. The van der Waals surface area contributed by atoms with Crippen LogP contribution in [0.5, 0.6) is 5.75 Å². The van der Waals surface area contributed by atoms with Gasteiger partial charge in [0.2, 0.25) is 0 Å². The smallest absolute Gasteiger partial charge is 0.403 e. The summed E-state index contributed by atoms with van der Waals surface area (Å²) in [4.78, 5) is 2.95. The molecule has 0 atom stereocenters. The summed E-state index contributed by atoms with van der Waals surface area (Å²) in [7, 11) is 0. The van der Waals surface area contributed by atoms with Crippen LogP contribution < -0.4 is 10.5 Å². The van der Waals surface area contributed by atoms with E-state index in [0.717, 1.165) is 0 Å². The Balaban J connectivity index is 3.56. The average molecular weight is 310 g/mol. The summed E-state index contributed by atoms with van der Waals surface area (Å²) < 4.78 is 102. The highest BCUT2D eigenvalue weighted by Gasteiger charge is 2.42. The molecule has 0 aliphatic rings. The molecular weight excluding hydrogens is 304 g/mol. The van der Waals surface area contributed by atoms with Crippen molar-refractivity contribution >= 4 is 0 Å². The Labute approximate surface area is 106 Å². The normalized spacial score (nSPS) is 12.9. The van der Waals surface area contributed by atoms with Gasteiger partial charge in [-0.1, -0.05) is 0 Å². The summed E-state index contributed by atoms with van der Waals surface area (Å²) in [5, 5.41) is 0. The molecule has 1 aromatic rings. The number of ether oxygens (including phenoxy) is 1. The summed E-state index contributed by atoms with van der Waals surface area (Å²) in [6, 6.07) is 0.132. The van der Waals surface area contributed by atoms with Crippen molar-refractivity contribution in [2.45, 2.75) is 25.5 Å². The zero-order chi connectivity index (χ0) is 15.7. The fourth-order valence-electron chi connectivity index (χ4n) is 1.29. The lowest BCUT2D eigenvalue weighted by atomic mass is 10.1. The molecule has 114 valence electrons. The van der Waals surface area contributed by atoms with Crippen molar-refractivity contribution in [1.29, 1.82) is 0 Å². The number of nitrogens with zero attached hydrogens (tertiary/aromatic N) is 1. The van der Waals surface area contributed by atoms with Crippen LogP contribution in [0.15, 0.2) is 6.07 Å². The van der Waals surface area contributed by atoms with Crippen LogP contribution in [0, 0.1) is 0 Å². The molecule has 0 aliphatic carbocycles. The number of hydrogen-bond acceptors (Lipinski definition) is 3. The van der Waals surface area contributed by atoms with E-state index in [0.29, 0.717) is 0 Å². The zero-order valence-electron chi connectivity index (χ0n) is 9.32. The van der Waals surface area contributed by atoms with Crippen molar-refractivity contribution in [3.05, 3.63) is 23.0 Å². The molecule has 1 heterocycles. The van der Waals surface area contributed by atoms with Gasteiger partial charge in [0.15, 0.2) is 5.75 Å². The van der Waals surface area contributed by atoms with E-state index in [2.05, 4.69) is 9.72 Å². The Morgan fingerprint density at radius 3 is 2.05 bits per heavy atom.